The van der Waals surface area contributed by atoms with Crippen molar-refractivity contribution < 1.29 is 0 Å². The summed E-state index contributed by atoms with van der Waals surface area (Å²) in [5.41, 5.74) is 7.13. The fourth-order valence-corrected chi connectivity index (χ4v) is 7.67. The lowest BCUT2D eigenvalue weighted by Gasteiger charge is -2.37. The third-order valence-corrected chi connectivity index (χ3v) is 9.54. The zero-order valence-corrected chi connectivity index (χ0v) is 22.9. The summed E-state index contributed by atoms with van der Waals surface area (Å²) in [6.07, 6.45) is 7.19. The van der Waals surface area contributed by atoms with Gasteiger partial charge in [0.2, 0.25) is 5.78 Å². The quantitative estimate of drug-likeness (QED) is 0.225. The number of benzene rings is 3. The third-order valence-electron chi connectivity index (χ3n) is 8.61. The van der Waals surface area contributed by atoms with Gasteiger partial charge in [0.15, 0.2) is 5.16 Å². The molecule has 1 fully saturated rings. The first-order valence-corrected chi connectivity index (χ1v) is 15.0. The highest BCUT2D eigenvalue weighted by molar-refractivity contribution is 7.99. The largest absolute Gasteiger partial charge is 0.309 e. The summed E-state index contributed by atoms with van der Waals surface area (Å²) in [4.78, 5) is 14.5. The summed E-state index contributed by atoms with van der Waals surface area (Å²) >= 11 is 1.63. The molecule has 0 unspecified atom stereocenters. The van der Waals surface area contributed by atoms with Crippen molar-refractivity contribution in [2.75, 3.05) is 5.75 Å². The molecule has 2 aliphatic carbocycles. The van der Waals surface area contributed by atoms with E-state index < -0.39 is 0 Å². The van der Waals surface area contributed by atoms with Crippen molar-refractivity contribution in [3.63, 3.8) is 0 Å². The first-order chi connectivity index (χ1) is 19.2. The maximum atomic E-state index is 14.5. The number of nitrogens with zero attached hydrogens (tertiary/aromatic N) is 4. The molecule has 2 aliphatic rings. The van der Waals surface area contributed by atoms with Crippen molar-refractivity contribution in [3.8, 4) is 11.3 Å². The van der Waals surface area contributed by atoms with E-state index in [1.165, 1.54) is 35.1 Å². The molecule has 39 heavy (non-hydrogen) atoms. The SMILES string of the molecule is O=c1c2c(n(CCc3ccccc3)c3nnc(SCCc4ccccc4)n13)-c1ccccc1CC21CCCC1. The average molecular weight is 533 g/mol. The van der Waals surface area contributed by atoms with Crippen LogP contribution in [0.3, 0.4) is 0 Å². The molecule has 2 heterocycles. The molecular weight excluding hydrogens is 500 g/mol. The van der Waals surface area contributed by atoms with Gasteiger partial charge in [-0.15, -0.1) is 10.2 Å². The number of hydrogen-bond donors (Lipinski definition) is 0. The van der Waals surface area contributed by atoms with Crippen LogP contribution in [-0.4, -0.2) is 24.9 Å². The number of rotatable bonds is 7. The minimum absolute atomic E-state index is 0.0829. The molecular formula is C33H32N4OS. The van der Waals surface area contributed by atoms with Crippen molar-refractivity contribution in [3.05, 3.63) is 118 Å². The molecule has 3 aromatic carbocycles. The number of aryl methyl sites for hydroxylation is 3. The van der Waals surface area contributed by atoms with Crippen LogP contribution in [0.4, 0.5) is 0 Å². The molecule has 0 amide bonds. The molecule has 196 valence electrons. The topological polar surface area (TPSA) is 52.2 Å². The van der Waals surface area contributed by atoms with Crippen LogP contribution >= 0.6 is 11.8 Å². The predicted octanol–water partition coefficient (Wildman–Crippen LogP) is 6.50. The van der Waals surface area contributed by atoms with Gasteiger partial charge in [-0.3, -0.25) is 4.79 Å². The van der Waals surface area contributed by atoms with Gasteiger partial charge in [0, 0.05) is 28.8 Å². The number of fused-ring (bicyclic) bond motifs is 5. The van der Waals surface area contributed by atoms with Gasteiger partial charge in [-0.1, -0.05) is 110 Å². The molecule has 0 atom stereocenters. The Morgan fingerprint density at radius 3 is 2.21 bits per heavy atom. The molecule has 2 aromatic heterocycles. The Labute approximate surface area is 232 Å². The second kappa shape index (κ2) is 10.2. The highest BCUT2D eigenvalue weighted by atomic mass is 32.2. The Morgan fingerprint density at radius 1 is 0.795 bits per heavy atom. The monoisotopic (exact) mass is 532 g/mol. The van der Waals surface area contributed by atoms with Crippen LogP contribution in [0.5, 0.6) is 0 Å². The Bertz CT molecular complexity index is 1680. The summed E-state index contributed by atoms with van der Waals surface area (Å²) in [5, 5.41) is 9.97. The van der Waals surface area contributed by atoms with Crippen LogP contribution < -0.4 is 5.56 Å². The first kappa shape index (κ1) is 24.4. The molecule has 5 nitrogen and oxygen atoms in total. The molecule has 1 spiro atoms. The summed E-state index contributed by atoms with van der Waals surface area (Å²) in [5.74, 6) is 1.50. The lowest BCUT2D eigenvalue weighted by atomic mass is 9.68. The highest BCUT2D eigenvalue weighted by Gasteiger charge is 2.45. The number of hydrogen-bond acceptors (Lipinski definition) is 4. The Morgan fingerprint density at radius 2 is 1.46 bits per heavy atom. The van der Waals surface area contributed by atoms with E-state index in [0.29, 0.717) is 10.9 Å². The van der Waals surface area contributed by atoms with E-state index in [0.717, 1.165) is 55.7 Å². The van der Waals surface area contributed by atoms with E-state index in [1.807, 2.05) is 10.5 Å². The fraction of sp³-hybridized carbons (Fsp3) is 0.303. The zero-order valence-electron chi connectivity index (χ0n) is 22.1. The van der Waals surface area contributed by atoms with Gasteiger partial charge in [0.05, 0.1) is 5.69 Å². The van der Waals surface area contributed by atoms with E-state index in [2.05, 4.69) is 93.6 Å². The van der Waals surface area contributed by atoms with Crippen molar-refractivity contribution in [2.45, 2.75) is 62.1 Å². The maximum Gasteiger partial charge on any atom is 0.265 e. The maximum absolute atomic E-state index is 14.5. The zero-order chi connectivity index (χ0) is 26.2. The van der Waals surface area contributed by atoms with Gasteiger partial charge in [0.25, 0.3) is 5.56 Å². The van der Waals surface area contributed by atoms with Gasteiger partial charge in [-0.05, 0) is 48.8 Å². The standard InChI is InChI=1S/C33H32N4OS/c38-30-28-29(27-16-8-7-15-26(27)23-33(28)19-9-10-20-33)36(21-17-24-11-3-1-4-12-24)31-34-35-32(37(30)31)39-22-18-25-13-5-2-6-14-25/h1-8,11-16H,9-10,17-23H2. The first-order valence-electron chi connectivity index (χ1n) is 14.0. The molecule has 0 bridgehead atoms. The second-order valence-corrected chi connectivity index (χ2v) is 12.0. The van der Waals surface area contributed by atoms with E-state index in [9.17, 15) is 4.79 Å². The van der Waals surface area contributed by atoms with Crippen molar-refractivity contribution >= 4 is 17.5 Å². The lowest BCUT2D eigenvalue weighted by molar-refractivity contribution is 0.421. The van der Waals surface area contributed by atoms with E-state index >= 15 is 0 Å². The molecule has 0 saturated heterocycles. The van der Waals surface area contributed by atoms with Gasteiger partial charge in [-0.25, -0.2) is 4.40 Å². The molecule has 0 N–H and O–H groups in total. The second-order valence-electron chi connectivity index (χ2n) is 10.9. The summed E-state index contributed by atoms with van der Waals surface area (Å²) < 4.78 is 4.13. The Kier molecular flexibility index (Phi) is 6.36. The van der Waals surface area contributed by atoms with Crippen LogP contribution in [0.15, 0.2) is 94.9 Å². The van der Waals surface area contributed by atoms with Crippen LogP contribution in [0, 0.1) is 0 Å². The number of thioether (sulfide) groups is 1. The molecule has 5 aromatic rings. The van der Waals surface area contributed by atoms with Crippen molar-refractivity contribution in [2.24, 2.45) is 0 Å². The molecule has 1 saturated carbocycles. The van der Waals surface area contributed by atoms with Gasteiger partial charge in [0.1, 0.15) is 0 Å². The molecule has 0 radical (unpaired) electrons. The van der Waals surface area contributed by atoms with Gasteiger partial charge < -0.3 is 4.57 Å². The van der Waals surface area contributed by atoms with Crippen molar-refractivity contribution in [1.82, 2.24) is 19.2 Å². The van der Waals surface area contributed by atoms with Crippen LogP contribution in [0.25, 0.3) is 17.0 Å². The van der Waals surface area contributed by atoms with E-state index in [-0.39, 0.29) is 11.0 Å². The van der Waals surface area contributed by atoms with Crippen molar-refractivity contribution in [1.29, 1.82) is 0 Å². The highest BCUT2D eigenvalue weighted by Crippen LogP contribution is 2.50. The van der Waals surface area contributed by atoms with E-state index in [1.54, 1.807) is 11.8 Å². The van der Waals surface area contributed by atoms with E-state index in [4.69, 9.17) is 0 Å². The normalized spacial score (nSPS) is 15.5. The third kappa shape index (κ3) is 4.31. The molecule has 0 aliphatic heterocycles. The predicted molar refractivity (Wildman–Crippen MR) is 158 cm³/mol. The Hall–Kier alpha value is -3.64. The summed E-state index contributed by atoms with van der Waals surface area (Å²) in [6, 6.07) is 29.7. The number of aromatic nitrogens is 4. The van der Waals surface area contributed by atoms with Crippen LogP contribution in [0.1, 0.15) is 47.9 Å². The lowest BCUT2D eigenvalue weighted by Crippen LogP contribution is -2.40. The minimum atomic E-state index is -0.111. The van der Waals surface area contributed by atoms with Gasteiger partial charge >= 0.3 is 0 Å². The Balaban J connectivity index is 1.39. The average Bonchev–Trinajstić information content (AvgIpc) is 3.62. The summed E-state index contributed by atoms with van der Waals surface area (Å²) in [7, 11) is 0. The van der Waals surface area contributed by atoms with Crippen LogP contribution in [0.2, 0.25) is 0 Å². The fourth-order valence-electron chi connectivity index (χ4n) is 6.75. The van der Waals surface area contributed by atoms with Gasteiger partial charge in [-0.2, -0.15) is 0 Å². The molecule has 6 heteroatoms. The summed E-state index contributed by atoms with van der Waals surface area (Å²) in [6.45, 7) is 0.743. The van der Waals surface area contributed by atoms with Crippen LogP contribution in [-0.2, 0) is 31.2 Å². The molecule has 7 rings (SSSR count). The smallest absolute Gasteiger partial charge is 0.265 e. The minimum Gasteiger partial charge on any atom is -0.309 e.